The number of hydrogen-bond donors (Lipinski definition) is 1. The van der Waals surface area contributed by atoms with E-state index >= 15 is 0 Å². The molecule has 0 saturated carbocycles. The molecule has 0 unspecified atom stereocenters. The fourth-order valence-electron chi connectivity index (χ4n) is 3.63. The van der Waals surface area contributed by atoms with Gasteiger partial charge in [0.2, 0.25) is 0 Å². The van der Waals surface area contributed by atoms with Crippen molar-refractivity contribution in [3.8, 4) is 5.75 Å². The number of aromatic nitrogens is 1. The van der Waals surface area contributed by atoms with Gasteiger partial charge in [0.25, 0.3) is 0 Å². The second-order valence-electron chi connectivity index (χ2n) is 7.95. The Hall–Kier alpha value is -1.81. The van der Waals surface area contributed by atoms with Crippen molar-refractivity contribution >= 4 is 10.9 Å². The Morgan fingerprint density at radius 1 is 1.36 bits per heavy atom. The summed E-state index contributed by atoms with van der Waals surface area (Å²) in [5, 5.41) is 0.729. The van der Waals surface area contributed by atoms with E-state index in [1.54, 1.807) is 0 Å². The summed E-state index contributed by atoms with van der Waals surface area (Å²) in [4.78, 5) is 18.9. The van der Waals surface area contributed by atoms with E-state index in [0.717, 1.165) is 47.5 Å². The molecular formula is C21H30N2O2. The predicted molar refractivity (Wildman–Crippen MR) is 103 cm³/mol. The van der Waals surface area contributed by atoms with Crippen molar-refractivity contribution in [2.24, 2.45) is 11.8 Å². The van der Waals surface area contributed by atoms with E-state index in [0.29, 0.717) is 18.4 Å². The van der Waals surface area contributed by atoms with Gasteiger partial charge in [0, 0.05) is 35.2 Å². The summed E-state index contributed by atoms with van der Waals surface area (Å²) < 4.78 is 5.80. The molecule has 1 aliphatic rings. The fraction of sp³-hybridized carbons (Fsp3) is 0.571. The number of fused-ring (bicyclic) bond motifs is 1. The Labute approximate surface area is 150 Å². The van der Waals surface area contributed by atoms with Crippen LogP contribution in [0.4, 0.5) is 0 Å². The number of likely N-dealkylation sites (tertiary alicyclic amines) is 1. The zero-order valence-corrected chi connectivity index (χ0v) is 15.9. The van der Waals surface area contributed by atoms with Gasteiger partial charge in [-0.2, -0.15) is 0 Å². The maximum Gasteiger partial charge on any atom is 0.194 e. The maximum atomic E-state index is 13.1. The molecule has 1 aromatic carbocycles. The molecule has 1 N–H and O–H groups in total. The molecule has 25 heavy (non-hydrogen) atoms. The molecule has 2 aromatic rings. The number of aromatic amines is 1. The molecule has 4 nitrogen and oxygen atoms in total. The number of nitrogens with one attached hydrogen (secondary N) is 1. The van der Waals surface area contributed by atoms with Gasteiger partial charge in [0.15, 0.2) is 5.43 Å². The number of piperidine rings is 1. The minimum absolute atomic E-state index is 0.138. The zero-order chi connectivity index (χ0) is 18.0. The van der Waals surface area contributed by atoms with Crippen molar-refractivity contribution in [3.63, 3.8) is 0 Å². The highest BCUT2D eigenvalue weighted by Gasteiger charge is 2.19. The largest absolute Gasteiger partial charge is 0.493 e. The van der Waals surface area contributed by atoms with Gasteiger partial charge in [-0.25, -0.2) is 0 Å². The summed E-state index contributed by atoms with van der Waals surface area (Å²) in [6, 6.07) is 5.77. The van der Waals surface area contributed by atoms with Crippen LogP contribution in [0.3, 0.4) is 0 Å². The first kappa shape index (κ1) is 18.0. The molecular weight excluding hydrogens is 312 g/mol. The van der Waals surface area contributed by atoms with E-state index < -0.39 is 0 Å². The Morgan fingerprint density at radius 2 is 2.16 bits per heavy atom. The molecule has 0 amide bonds. The third-order valence-electron chi connectivity index (χ3n) is 4.99. The zero-order valence-electron chi connectivity index (χ0n) is 15.9. The second-order valence-corrected chi connectivity index (χ2v) is 7.95. The van der Waals surface area contributed by atoms with E-state index in [9.17, 15) is 4.79 Å². The number of pyridine rings is 1. The van der Waals surface area contributed by atoms with Gasteiger partial charge in [-0.1, -0.05) is 20.8 Å². The van der Waals surface area contributed by atoms with Gasteiger partial charge < -0.3 is 9.72 Å². The lowest BCUT2D eigenvalue weighted by atomic mass is 9.99. The van der Waals surface area contributed by atoms with Crippen LogP contribution in [0.25, 0.3) is 10.9 Å². The number of nitrogens with zero attached hydrogens (tertiary/aromatic N) is 1. The molecule has 1 atom stereocenters. The lowest BCUT2D eigenvalue weighted by Gasteiger charge is -2.31. The van der Waals surface area contributed by atoms with Crippen LogP contribution < -0.4 is 10.2 Å². The first-order valence-electron chi connectivity index (χ1n) is 9.44. The monoisotopic (exact) mass is 342 g/mol. The molecule has 1 aliphatic heterocycles. The van der Waals surface area contributed by atoms with Crippen LogP contribution in [0.2, 0.25) is 0 Å². The molecule has 2 heterocycles. The Bertz CT molecular complexity index is 794. The van der Waals surface area contributed by atoms with E-state index in [1.807, 2.05) is 25.1 Å². The van der Waals surface area contributed by atoms with Crippen molar-refractivity contribution in [1.82, 2.24) is 9.88 Å². The van der Waals surface area contributed by atoms with Crippen molar-refractivity contribution in [2.45, 2.75) is 47.1 Å². The molecule has 1 aromatic heterocycles. The number of benzene rings is 1. The van der Waals surface area contributed by atoms with Gasteiger partial charge in [-0.05, 0) is 56.3 Å². The molecule has 3 rings (SSSR count). The molecule has 4 heteroatoms. The van der Waals surface area contributed by atoms with Crippen LogP contribution in [0, 0.1) is 18.8 Å². The third-order valence-corrected chi connectivity index (χ3v) is 4.99. The summed E-state index contributed by atoms with van der Waals surface area (Å²) in [6.45, 7) is 12.1. The normalized spacial score (nSPS) is 18.8. The standard InChI is InChI=1S/C21H30N2O2/c1-14(2)13-25-17-7-8-20-18(10-17)21(24)19(16(4)22-20)12-23-9-5-6-15(3)11-23/h7-8,10,14-15H,5-6,9,11-13H2,1-4H3,(H,22,24)/t15-/m1/s1. The van der Waals surface area contributed by atoms with Crippen LogP contribution in [-0.2, 0) is 6.54 Å². The highest BCUT2D eigenvalue weighted by molar-refractivity contribution is 5.81. The number of H-pyrrole nitrogens is 1. The quantitative estimate of drug-likeness (QED) is 0.889. The SMILES string of the molecule is Cc1[nH]c2ccc(OCC(C)C)cc2c(=O)c1CN1CCC[C@@H](C)C1. The highest BCUT2D eigenvalue weighted by Crippen LogP contribution is 2.21. The van der Waals surface area contributed by atoms with Gasteiger partial charge in [-0.3, -0.25) is 9.69 Å². The number of hydrogen-bond acceptors (Lipinski definition) is 3. The lowest BCUT2D eigenvalue weighted by Crippen LogP contribution is -2.35. The minimum atomic E-state index is 0.138. The average Bonchev–Trinajstić information content (AvgIpc) is 2.57. The van der Waals surface area contributed by atoms with Crippen molar-refractivity contribution < 1.29 is 4.74 Å². The van der Waals surface area contributed by atoms with Crippen LogP contribution in [0.1, 0.15) is 44.9 Å². The number of aryl methyl sites for hydroxylation is 1. The van der Waals surface area contributed by atoms with Crippen molar-refractivity contribution in [3.05, 3.63) is 39.7 Å². The summed E-state index contributed by atoms with van der Waals surface area (Å²) in [5.41, 5.74) is 2.89. The summed E-state index contributed by atoms with van der Waals surface area (Å²) in [5.74, 6) is 1.95. The maximum absolute atomic E-state index is 13.1. The van der Waals surface area contributed by atoms with Crippen LogP contribution in [-0.4, -0.2) is 29.6 Å². The van der Waals surface area contributed by atoms with E-state index in [-0.39, 0.29) is 5.43 Å². The van der Waals surface area contributed by atoms with Gasteiger partial charge in [-0.15, -0.1) is 0 Å². The predicted octanol–water partition coefficient (Wildman–Crippen LogP) is 4.10. The summed E-state index contributed by atoms with van der Waals surface area (Å²) in [6.07, 6.45) is 2.51. The van der Waals surface area contributed by atoms with Gasteiger partial charge >= 0.3 is 0 Å². The highest BCUT2D eigenvalue weighted by atomic mass is 16.5. The molecule has 0 spiro atoms. The average molecular weight is 342 g/mol. The fourth-order valence-corrected chi connectivity index (χ4v) is 3.63. The van der Waals surface area contributed by atoms with Crippen molar-refractivity contribution in [2.75, 3.05) is 19.7 Å². The smallest absolute Gasteiger partial charge is 0.194 e. The number of rotatable bonds is 5. The van der Waals surface area contributed by atoms with E-state index in [4.69, 9.17) is 4.74 Å². The van der Waals surface area contributed by atoms with Gasteiger partial charge in [0.05, 0.1) is 6.61 Å². The molecule has 0 aliphatic carbocycles. The molecule has 0 bridgehead atoms. The molecule has 136 valence electrons. The van der Waals surface area contributed by atoms with Gasteiger partial charge in [0.1, 0.15) is 5.75 Å². The molecule has 1 saturated heterocycles. The minimum Gasteiger partial charge on any atom is -0.493 e. The Balaban J connectivity index is 1.91. The first-order chi connectivity index (χ1) is 11.9. The summed E-state index contributed by atoms with van der Waals surface area (Å²) >= 11 is 0. The third kappa shape index (κ3) is 4.24. The Kier molecular flexibility index (Phi) is 5.48. The molecule has 1 fully saturated rings. The molecule has 0 radical (unpaired) electrons. The van der Waals surface area contributed by atoms with Crippen molar-refractivity contribution in [1.29, 1.82) is 0 Å². The van der Waals surface area contributed by atoms with E-state index in [1.165, 1.54) is 12.8 Å². The Morgan fingerprint density at radius 3 is 2.88 bits per heavy atom. The van der Waals surface area contributed by atoms with Crippen LogP contribution in [0.5, 0.6) is 5.75 Å². The first-order valence-corrected chi connectivity index (χ1v) is 9.44. The van der Waals surface area contributed by atoms with E-state index in [2.05, 4.69) is 30.7 Å². The second kappa shape index (κ2) is 7.61. The van der Waals surface area contributed by atoms with Crippen LogP contribution >= 0.6 is 0 Å². The number of ether oxygens (including phenoxy) is 1. The van der Waals surface area contributed by atoms with Crippen LogP contribution in [0.15, 0.2) is 23.0 Å². The topological polar surface area (TPSA) is 45.3 Å². The summed E-state index contributed by atoms with van der Waals surface area (Å²) in [7, 11) is 0. The lowest BCUT2D eigenvalue weighted by molar-refractivity contribution is 0.176.